The first kappa shape index (κ1) is 12.9. The summed E-state index contributed by atoms with van der Waals surface area (Å²) in [5.41, 5.74) is 8.53. The van der Waals surface area contributed by atoms with Crippen LogP contribution >= 0.6 is 11.6 Å². The van der Waals surface area contributed by atoms with E-state index in [2.05, 4.69) is 18.2 Å². The van der Waals surface area contributed by atoms with Gasteiger partial charge in [0.05, 0.1) is 7.11 Å². The minimum atomic E-state index is -0.486. The van der Waals surface area contributed by atoms with Crippen molar-refractivity contribution in [3.05, 3.63) is 34.3 Å². The Kier molecular flexibility index (Phi) is 2.70. The highest BCUT2D eigenvalue weighted by Gasteiger charge is 2.71. The summed E-state index contributed by atoms with van der Waals surface area (Å²) < 4.78 is 4.75. The number of hydrogen-bond acceptors (Lipinski definition) is 3. The van der Waals surface area contributed by atoms with Gasteiger partial charge in [0, 0.05) is 5.02 Å². The number of carbonyl (C=O) groups excluding carboxylic acids is 1. The Labute approximate surface area is 118 Å². The molecule has 3 aliphatic carbocycles. The monoisotopic (exact) mass is 279 g/mol. The lowest BCUT2D eigenvalue weighted by atomic mass is 9.31. The summed E-state index contributed by atoms with van der Waals surface area (Å²) in [4.78, 5) is 11.5. The fraction of sp³-hybridized carbons (Fsp3) is 0.533. The lowest BCUT2D eigenvalue weighted by Crippen LogP contribution is -2.72. The number of esters is 1. The number of rotatable bonds is 3. The molecule has 3 fully saturated rings. The van der Waals surface area contributed by atoms with Crippen LogP contribution in [0.5, 0.6) is 0 Å². The highest BCUT2D eigenvalue weighted by Crippen LogP contribution is 2.74. The molecule has 0 amide bonds. The number of ether oxygens (including phenoxy) is 1. The maximum absolute atomic E-state index is 11.5. The number of halogens is 1. The molecule has 3 aliphatic rings. The third kappa shape index (κ3) is 1.65. The van der Waals surface area contributed by atoms with Crippen molar-refractivity contribution < 1.29 is 9.53 Å². The van der Waals surface area contributed by atoms with Gasteiger partial charge in [-0.05, 0) is 54.2 Å². The van der Waals surface area contributed by atoms with Gasteiger partial charge in [-0.25, -0.2) is 0 Å². The average Bonchev–Trinajstić information content (AvgIpc) is 2.29. The largest absolute Gasteiger partial charge is 0.468 e. The molecule has 1 unspecified atom stereocenters. The standard InChI is InChI=1S/C15H18ClNO2/c1-9-3-4-10(5-11(9)16)14-6-15(7-14,8-14)12(17)13(18)19-2/h3-5,12H,6-8,17H2,1-2H3. The molecule has 3 nitrogen and oxygen atoms in total. The van der Waals surface area contributed by atoms with Crippen LogP contribution in [0.1, 0.15) is 30.4 Å². The molecule has 2 N–H and O–H groups in total. The first-order valence-corrected chi connectivity index (χ1v) is 6.90. The van der Waals surface area contributed by atoms with Crippen molar-refractivity contribution in [3.63, 3.8) is 0 Å². The Morgan fingerprint density at radius 1 is 1.42 bits per heavy atom. The number of carbonyl (C=O) groups is 1. The predicted octanol–water partition coefficient (Wildman–Crippen LogP) is 2.57. The van der Waals surface area contributed by atoms with Gasteiger partial charge in [-0.2, -0.15) is 0 Å². The molecule has 0 aliphatic heterocycles. The Morgan fingerprint density at radius 2 is 2.05 bits per heavy atom. The van der Waals surface area contributed by atoms with Crippen LogP contribution < -0.4 is 5.73 Å². The van der Waals surface area contributed by atoms with E-state index in [4.69, 9.17) is 22.1 Å². The summed E-state index contributed by atoms with van der Waals surface area (Å²) in [5, 5.41) is 0.813. The summed E-state index contributed by atoms with van der Waals surface area (Å²) in [5.74, 6) is -0.296. The SMILES string of the molecule is COC(=O)C(N)C12CC(c3ccc(C)c(Cl)c3)(C1)C2. The second kappa shape index (κ2) is 3.97. The van der Waals surface area contributed by atoms with Gasteiger partial charge in [0.1, 0.15) is 6.04 Å². The Hall–Kier alpha value is -1.06. The molecule has 1 aromatic rings. The Balaban J connectivity index is 1.76. The molecule has 0 radical (unpaired) electrons. The van der Waals surface area contributed by atoms with E-state index in [0.717, 1.165) is 29.8 Å². The topological polar surface area (TPSA) is 52.3 Å². The summed E-state index contributed by atoms with van der Waals surface area (Å²) in [6.07, 6.45) is 2.90. The lowest BCUT2D eigenvalue weighted by Gasteiger charge is -2.72. The van der Waals surface area contributed by atoms with Crippen molar-refractivity contribution in [1.82, 2.24) is 0 Å². The number of aryl methyl sites for hydroxylation is 1. The van der Waals surface area contributed by atoms with Crippen molar-refractivity contribution in [3.8, 4) is 0 Å². The van der Waals surface area contributed by atoms with Crippen LogP contribution in [-0.2, 0) is 14.9 Å². The zero-order valence-electron chi connectivity index (χ0n) is 11.2. The van der Waals surface area contributed by atoms with Crippen LogP contribution in [0.2, 0.25) is 5.02 Å². The second-order valence-electron chi connectivity index (χ2n) is 6.14. The third-order valence-corrected chi connectivity index (χ3v) is 5.38. The van der Waals surface area contributed by atoms with Crippen molar-refractivity contribution in [2.24, 2.45) is 11.1 Å². The van der Waals surface area contributed by atoms with Crippen LogP contribution in [0.25, 0.3) is 0 Å². The maximum atomic E-state index is 11.5. The minimum Gasteiger partial charge on any atom is -0.468 e. The molecular weight excluding hydrogens is 262 g/mol. The van der Waals surface area contributed by atoms with Crippen LogP contribution in [0, 0.1) is 12.3 Å². The van der Waals surface area contributed by atoms with Crippen molar-refractivity contribution in [2.45, 2.75) is 37.6 Å². The summed E-state index contributed by atoms with van der Waals surface area (Å²) in [6, 6.07) is 5.78. The minimum absolute atomic E-state index is 0.0372. The van der Waals surface area contributed by atoms with Crippen LogP contribution in [0.4, 0.5) is 0 Å². The van der Waals surface area contributed by atoms with Crippen LogP contribution in [-0.4, -0.2) is 19.1 Å². The number of hydrogen-bond donors (Lipinski definition) is 1. The van der Waals surface area contributed by atoms with Crippen molar-refractivity contribution >= 4 is 17.6 Å². The molecule has 19 heavy (non-hydrogen) atoms. The number of benzene rings is 1. The fourth-order valence-electron chi connectivity index (χ4n) is 3.80. The van der Waals surface area contributed by atoms with Gasteiger partial charge in [-0.3, -0.25) is 4.79 Å². The predicted molar refractivity (Wildman–Crippen MR) is 74.1 cm³/mol. The fourth-order valence-corrected chi connectivity index (χ4v) is 3.98. The van der Waals surface area contributed by atoms with E-state index in [9.17, 15) is 4.79 Å². The molecule has 102 valence electrons. The zero-order chi connectivity index (χ0) is 13.8. The Bertz CT molecular complexity index is 535. The van der Waals surface area contributed by atoms with E-state index in [1.54, 1.807) is 0 Å². The molecule has 1 atom stereocenters. The molecule has 0 aromatic heterocycles. The molecular formula is C15H18ClNO2. The summed E-state index contributed by atoms with van der Waals surface area (Å²) >= 11 is 6.19. The van der Waals surface area contributed by atoms with E-state index in [-0.39, 0.29) is 16.8 Å². The average molecular weight is 280 g/mol. The van der Waals surface area contributed by atoms with Gasteiger partial charge in [0.15, 0.2) is 0 Å². The van der Waals surface area contributed by atoms with E-state index >= 15 is 0 Å². The molecule has 0 heterocycles. The van der Waals surface area contributed by atoms with Crippen molar-refractivity contribution in [1.29, 1.82) is 0 Å². The quantitative estimate of drug-likeness (QED) is 0.865. The second-order valence-corrected chi connectivity index (χ2v) is 6.55. The van der Waals surface area contributed by atoms with Crippen LogP contribution in [0.3, 0.4) is 0 Å². The Morgan fingerprint density at radius 3 is 2.58 bits per heavy atom. The van der Waals surface area contributed by atoms with E-state index in [0.29, 0.717) is 0 Å². The maximum Gasteiger partial charge on any atom is 0.323 e. The molecule has 0 saturated heterocycles. The normalized spacial score (nSPS) is 33.1. The van der Waals surface area contributed by atoms with Gasteiger partial charge in [-0.15, -0.1) is 0 Å². The first-order chi connectivity index (χ1) is 8.92. The highest BCUT2D eigenvalue weighted by molar-refractivity contribution is 6.31. The lowest BCUT2D eigenvalue weighted by molar-refractivity contribution is -0.181. The highest BCUT2D eigenvalue weighted by atomic mass is 35.5. The van der Waals surface area contributed by atoms with Gasteiger partial charge >= 0.3 is 5.97 Å². The molecule has 2 bridgehead atoms. The molecule has 1 aromatic carbocycles. The van der Waals surface area contributed by atoms with Gasteiger partial charge in [-0.1, -0.05) is 23.7 Å². The molecule has 4 heteroatoms. The van der Waals surface area contributed by atoms with Gasteiger partial charge in [0.25, 0.3) is 0 Å². The summed E-state index contributed by atoms with van der Waals surface area (Å²) in [6.45, 7) is 2.00. The summed E-state index contributed by atoms with van der Waals surface area (Å²) in [7, 11) is 1.39. The van der Waals surface area contributed by atoms with E-state index < -0.39 is 6.04 Å². The molecule has 3 saturated carbocycles. The number of methoxy groups -OCH3 is 1. The van der Waals surface area contributed by atoms with Crippen LogP contribution in [0.15, 0.2) is 18.2 Å². The number of nitrogens with two attached hydrogens (primary N) is 1. The van der Waals surface area contributed by atoms with Gasteiger partial charge in [0.2, 0.25) is 0 Å². The smallest absolute Gasteiger partial charge is 0.323 e. The molecule has 4 rings (SSSR count). The third-order valence-electron chi connectivity index (χ3n) is 4.97. The zero-order valence-corrected chi connectivity index (χ0v) is 12.0. The first-order valence-electron chi connectivity index (χ1n) is 6.53. The molecule has 0 spiro atoms. The van der Waals surface area contributed by atoms with E-state index in [1.165, 1.54) is 12.7 Å². The van der Waals surface area contributed by atoms with E-state index in [1.807, 2.05) is 6.92 Å². The van der Waals surface area contributed by atoms with Gasteiger partial charge < -0.3 is 10.5 Å². The van der Waals surface area contributed by atoms with Crippen molar-refractivity contribution in [2.75, 3.05) is 7.11 Å².